The molecule has 4 heteroatoms. The Balaban J connectivity index is 2.55. The summed E-state index contributed by atoms with van der Waals surface area (Å²) in [6.07, 6.45) is 1.74. The third kappa shape index (κ3) is 2.02. The van der Waals surface area contributed by atoms with E-state index in [-0.39, 0.29) is 5.69 Å². The average molecular weight is 280 g/mol. The first-order chi connectivity index (χ1) is 7.58. The molecular formula is C12H10BrNO2. The van der Waals surface area contributed by atoms with Gasteiger partial charge in [0.2, 0.25) is 0 Å². The summed E-state index contributed by atoms with van der Waals surface area (Å²) in [5.41, 5.74) is 2.23. The van der Waals surface area contributed by atoms with Crippen molar-refractivity contribution in [1.29, 1.82) is 0 Å². The highest BCUT2D eigenvalue weighted by atomic mass is 79.9. The van der Waals surface area contributed by atoms with Crippen molar-refractivity contribution < 1.29 is 9.90 Å². The van der Waals surface area contributed by atoms with Crippen LogP contribution < -0.4 is 0 Å². The van der Waals surface area contributed by atoms with Crippen molar-refractivity contribution in [2.24, 2.45) is 0 Å². The fraction of sp³-hybridized carbons (Fsp3) is 0.0833. The van der Waals surface area contributed by atoms with Crippen molar-refractivity contribution in [1.82, 2.24) is 4.57 Å². The fourth-order valence-corrected chi connectivity index (χ4v) is 1.94. The Hall–Kier alpha value is -1.55. The molecule has 2 rings (SSSR count). The van der Waals surface area contributed by atoms with E-state index in [0.29, 0.717) is 0 Å². The molecule has 0 fully saturated rings. The molecule has 0 unspecified atom stereocenters. The Morgan fingerprint density at radius 2 is 1.94 bits per heavy atom. The van der Waals surface area contributed by atoms with Gasteiger partial charge in [-0.25, -0.2) is 4.79 Å². The molecule has 0 saturated carbocycles. The quantitative estimate of drug-likeness (QED) is 0.917. The number of carboxylic acids is 1. The van der Waals surface area contributed by atoms with Gasteiger partial charge in [0, 0.05) is 16.4 Å². The number of aryl methyl sites for hydroxylation is 1. The van der Waals surface area contributed by atoms with Crippen LogP contribution in [-0.4, -0.2) is 15.6 Å². The molecule has 1 aromatic heterocycles. The largest absolute Gasteiger partial charge is 0.477 e. The molecule has 0 aliphatic carbocycles. The Bertz CT molecular complexity index is 528. The summed E-state index contributed by atoms with van der Waals surface area (Å²) < 4.78 is 2.40. The lowest BCUT2D eigenvalue weighted by Crippen LogP contribution is -2.05. The zero-order valence-corrected chi connectivity index (χ0v) is 10.2. The SMILES string of the molecule is Cc1ccc(-n2cc(Br)cc2C(=O)O)cc1. The van der Waals surface area contributed by atoms with E-state index in [1.54, 1.807) is 16.8 Å². The predicted molar refractivity (Wildman–Crippen MR) is 65.2 cm³/mol. The van der Waals surface area contributed by atoms with Crippen molar-refractivity contribution in [3.63, 3.8) is 0 Å². The molecule has 82 valence electrons. The summed E-state index contributed by atoms with van der Waals surface area (Å²) in [4.78, 5) is 11.0. The van der Waals surface area contributed by atoms with E-state index < -0.39 is 5.97 Å². The van der Waals surface area contributed by atoms with E-state index in [1.807, 2.05) is 31.2 Å². The normalized spacial score (nSPS) is 10.4. The van der Waals surface area contributed by atoms with Gasteiger partial charge in [0.05, 0.1) is 0 Å². The Morgan fingerprint density at radius 3 is 2.50 bits per heavy atom. The maximum atomic E-state index is 11.0. The van der Waals surface area contributed by atoms with Crippen LogP contribution in [0, 0.1) is 6.92 Å². The van der Waals surface area contributed by atoms with Gasteiger partial charge in [0.1, 0.15) is 5.69 Å². The number of benzene rings is 1. The molecule has 0 atom stereocenters. The van der Waals surface area contributed by atoms with Crippen LogP contribution in [0.3, 0.4) is 0 Å². The van der Waals surface area contributed by atoms with Gasteiger partial charge in [-0.1, -0.05) is 17.7 Å². The maximum absolute atomic E-state index is 11.0. The van der Waals surface area contributed by atoms with Crippen LogP contribution in [0.4, 0.5) is 0 Å². The molecule has 0 aliphatic rings. The van der Waals surface area contributed by atoms with Crippen molar-refractivity contribution in [3.05, 3.63) is 52.3 Å². The molecule has 0 spiro atoms. The van der Waals surface area contributed by atoms with Crippen LogP contribution in [0.15, 0.2) is 41.0 Å². The molecule has 0 bridgehead atoms. The minimum atomic E-state index is -0.939. The van der Waals surface area contributed by atoms with Crippen LogP contribution in [0.2, 0.25) is 0 Å². The summed E-state index contributed by atoms with van der Waals surface area (Å²) >= 11 is 3.28. The first-order valence-corrected chi connectivity index (χ1v) is 5.55. The predicted octanol–water partition coefficient (Wildman–Crippen LogP) is 3.25. The average Bonchev–Trinajstić information content (AvgIpc) is 2.61. The lowest BCUT2D eigenvalue weighted by Gasteiger charge is -2.06. The van der Waals surface area contributed by atoms with Gasteiger partial charge < -0.3 is 9.67 Å². The number of nitrogens with zero attached hydrogens (tertiary/aromatic N) is 1. The van der Waals surface area contributed by atoms with Crippen LogP contribution >= 0.6 is 15.9 Å². The fourth-order valence-electron chi connectivity index (χ4n) is 1.51. The third-order valence-electron chi connectivity index (χ3n) is 2.32. The van der Waals surface area contributed by atoms with Crippen LogP contribution in [0.5, 0.6) is 0 Å². The molecule has 3 nitrogen and oxygen atoms in total. The number of halogens is 1. The van der Waals surface area contributed by atoms with E-state index in [4.69, 9.17) is 5.11 Å². The molecule has 1 N–H and O–H groups in total. The lowest BCUT2D eigenvalue weighted by atomic mass is 10.2. The summed E-state index contributed by atoms with van der Waals surface area (Å²) in [6, 6.07) is 9.29. The summed E-state index contributed by atoms with van der Waals surface area (Å²) in [6.45, 7) is 1.99. The number of rotatable bonds is 2. The van der Waals surface area contributed by atoms with Crippen molar-refractivity contribution in [3.8, 4) is 5.69 Å². The van der Waals surface area contributed by atoms with E-state index in [1.165, 1.54) is 0 Å². The minimum absolute atomic E-state index is 0.246. The number of aromatic nitrogens is 1. The van der Waals surface area contributed by atoms with Gasteiger partial charge in [-0.05, 0) is 41.1 Å². The maximum Gasteiger partial charge on any atom is 0.352 e. The summed E-state index contributed by atoms with van der Waals surface area (Å²) in [7, 11) is 0. The van der Waals surface area contributed by atoms with Gasteiger partial charge in [0.15, 0.2) is 0 Å². The highest BCUT2D eigenvalue weighted by Gasteiger charge is 2.12. The molecule has 1 heterocycles. The first kappa shape index (κ1) is 11.0. The second-order valence-electron chi connectivity index (χ2n) is 3.55. The van der Waals surface area contributed by atoms with Gasteiger partial charge in [-0.3, -0.25) is 0 Å². The molecule has 0 amide bonds. The molecular weight excluding hydrogens is 270 g/mol. The molecule has 0 aliphatic heterocycles. The lowest BCUT2D eigenvalue weighted by molar-refractivity contribution is 0.0688. The summed E-state index contributed by atoms with van der Waals surface area (Å²) in [5, 5.41) is 9.05. The standard InChI is InChI=1S/C12H10BrNO2/c1-8-2-4-10(5-3-8)14-7-9(13)6-11(14)12(15)16/h2-7H,1H3,(H,15,16). The zero-order valence-electron chi connectivity index (χ0n) is 8.64. The molecule has 0 saturated heterocycles. The monoisotopic (exact) mass is 279 g/mol. The molecule has 16 heavy (non-hydrogen) atoms. The van der Waals surface area contributed by atoms with Gasteiger partial charge >= 0.3 is 5.97 Å². The van der Waals surface area contributed by atoms with Crippen molar-refractivity contribution in [2.75, 3.05) is 0 Å². The highest BCUT2D eigenvalue weighted by Crippen LogP contribution is 2.20. The van der Waals surface area contributed by atoms with Crippen molar-refractivity contribution >= 4 is 21.9 Å². The number of carbonyl (C=O) groups is 1. The third-order valence-corrected chi connectivity index (χ3v) is 2.75. The van der Waals surface area contributed by atoms with Gasteiger partial charge in [0.25, 0.3) is 0 Å². The van der Waals surface area contributed by atoms with Gasteiger partial charge in [-0.2, -0.15) is 0 Å². The van der Waals surface area contributed by atoms with E-state index >= 15 is 0 Å². The Kier molecular flexibility index (Phi) is 2.83. The minimum Gasteiger partial charge on any atom is -0.477 e. The van der Waals surface area contributed by atoms with Crippen LogP contribution in [0.1, 0.15) is 16.1 Å². The van der Waals surface area contributed by atoms with E-state index in [9.17, 15) is 4.79 Å². The highest BCUT2D eigenvalue weighted by molar-refractivity contribution is 9.10. The van der Waals surface area contributed by atoms with E-state index in [2.05, 4.69) is 15.9 Å². The second kappa shape index (κ2) is 4.14. The van der Waals surface area contributed by atoms with Crippen LogP contribution in [0.25, 0.3) is 5.69 Å². The number of hydrogen-bond acceptors (Lipinski definition) is 1. The van der Waals surface area contributed by atoms with Crippen LogP contribution in [-0.2, 0) is 0 Å². The topological polar surface area (TPSA) is 42.2 Å². The second-order valence-corrected chi connectivity index (χ2v) is 4.47. The smallest absolute Gasteiger partial charge is 0.352 e. The summed E-state index contributed by atoms with van der Waals surface area (Å²) in [5.74, 6) is -0.939. The first-order valence-electron chi connectivity index (χ1n) is 4.76. The van der Waals surface area contributed by atoms with E-state index in [0.717, 1.165) is 15.7 Å². The number of carboxylic acid groups (broad SMARTS) is 1. The molecule has 0 radical (unpaired) electrons. The number of hydrogen-bond donors (Lipinski definition) is 1. The molecule has 1 aromatic carbocycles. The Labute approximate surface area is 101 Å². The zero-order chi connectivity index (χ0) is 11.7. The van der Waals surface area contributed by atoms with Gasteiger partial charge in [-0.15, -0.1) is 0 Å². The molecule has 2 aromatic rings. The Morgan fingerprint density at radius 1 is 1.31 bits per heavy atom. The number of aromatic carboxylic acids is 1. The van der Waals surface area contributed by atoms with Crippen molar-refractivity contribution in [2.45, 2.75) is 6.92 Å².